The fraction of sp³-hybridized carbons (Fsp3) is 0.286. The first-order valence-electron chi connectivity index (χ1n) is 5.55. The summed E-state index contributed by atoms with van der Waals surface area (Å²) < 4.78 is 11.1. The molecule has 0 fully saturated rings. The van der Waals surface area contributed by atoms with Crippen LogP contribution in [0, 0.1) is 0 Å². The Morgan fingerprint density at radius 2 is 1.69 bits per heavy atom. The number of fused-ring (bicyclic) bond motifs is 1. The lowest BCUT2D eigenvalue weighted by atomic mass is 10.1. The van der Waals surface area contributed by atoms with E-state index in [0.717, 1.165) is 35.3 Å². The second-order valence-electron chi connectivity index (χ2n) is 3.66. The molecule has 0 saturated carbocycles. The van der Waals surface area contributed by atoms with E-state index in [9.17, 15) is 0 Å². The molecule has 2 aromatic carbocycles. The lowest BCUT2D eigenvalue weighted by molar-refractivity contribution is 0.319. The molecule has 0 N–H and O–H groups in total. The predicted molar refractivity (Wildman–Crippen MR) is 66.3 cm³/mol. The van der Waals surface area contributed by atoms with Gasteiger partial charge < -0.3 is 9.47 Å². The van der Waals surface area contributed by atoms with Crippen LogP contribution in [0.3, 0.4) is 0 Å². The average molecular weight is 216 g/mol. The standard InChI is InChI=1S/C14H16O2/c1-3-10-16-13-9-5-7-11-6-4-8-12(15-2)14(11)13/h4-9H,3,10H2,1-2H3. The molecule has 0 heterocycles. The molecule has 0 unspecified atom stereocenters. The highest BCUT2D eigenvalue weighted by Crippen LogP contribution is 2.33. The first-order valence-corrected chi connectivity index (χ1v) is 5.55. The van der Waals surface area contributed by atoms with Gasteiger partial charge in [-0.25, -0.2) is 0 Å². The van der Waals surface area contributed by atoms with E-state index < -0.39 is 0 Å². The van der Waals surface area contributed by atoms with Gasteiger partial charge in [0, 0.05) is 0 Å². The lowest BCUT2D eigenvalue weighted by Gasteiger charge is -2.11. The van der Waals surface area contributed by atoms with Crippen molar-refractivity contribution in [2.75, 3.05) is 13.7 Å². The zero-order chi connectivity index (χ0) is 11.4. The molecule has 0 saturated heterocycles. The van der Waals surface area contributed by atoms with Crippen molar-refractivity contribution in [3.63, 3.8) is 0 Å². The summed E-state index contributed by atoms with van der Waals surface area (Å²) in [6.45, 7) is 2.83. The van der Waals surface area contributed by atoms with Gasteiger partial charge in [0.25, 0.3) is 0 Å². The summed E-state index contributed by atoms with van der Waals surface area (Å²) in [5.41, 5.74) is 0. The van der Waals surface area contributed by atoms with E-state index in [-0.39, 0.29) is 0 Å². The Labute approximate surface area is 95.8 Å². The minimum Gasteiger partial charge on any atom is -0.496 e. The minimum atomic E-state index is 0.733. The van der Waals surface area contributed by atoms with E-state index in [2.05, 4.69) is 19.1 Å². The smallest absolute Gasteiger partial charge is 0.130 e. The molecule has 0 bridgehead atoms. The van der Waals surface area contributed by atoms with Crippen molar-refractivity contribution in [1.29, 1.82) is 0 Å². The Kier molecular flexibility index (Phi) is 3.30. The third-order valence-electron chi connectivity index (χ3n) is 2.51. The second-order valence-corrected chi connectivity index (χ2v) is 3.66. The van der Waals surface area contributed by atoms with Gasteiger partial charge >= 0.3 is 0 Å². The monoisotopic (exact) mass is 216 g/mol. The second kappa shape index (κ2) is 4.88. The van der Waals surface area contributed by atoms with Crippen molar-refractivity contribution in [2.24, 2.45) is 0 Å². The van der Waals surface area contributed by atoms with Gasteiger partial charge in [-0.2, -0.15) is 0 Å². The van der Waals surface area contributed by atoms with E-state index in [1.165, 1.54) is 0 Å². The zero-order valence-electron chi connectivity index (χ0n) is 9.69. The predicted octanol–water partition coefficient (Wildman–Crippen LogP) is 3.64. The summed E-state index contributed by atoms with van der Waals surface area (Å²) in [5, 5.41) is 2.20. The highest BCUT2D eigenvalue weighted by molar-refractivity contribution is 5.93. The molecule has 2 rings (SSSR count). The maximum atomic E-state index is 5.73. The lowest BCUT2D eigenvalue weighted by Crippen LogP contribution is -1.96. The normalized spacial score (nSPS) is 10.4. The molecule has 0 aromatic heterocycles. The number of rotatable bonds is 4. The number of hydrogen-bond acceptors (Lipinski definition) is 2. The van der Waals surface area contributed by atoms with Gasteiger partial charge in [0.2, 0.25) is 0 Å². The van der Waals surface area contributed by atoms with Crippen LogP contribution in [0.25, 0.3) is 10.8 Å². The maximum absolute atomic E-state index is 5.73. The van der Waals surface area contributed by atoms with Crippen molar-refractivity contribution in [1.82, 2.24) is 0 Å². The van der Waals surface area contributed by atoms with Crippen LogP contribution in [-0.2, 0) is 0 Å². The third kappa shape index (κ3) is 1.96. The van der Waals surface area contributed by atoms with Crippen LogP contribution in [0.2, 0.25) is 0 Å². The van der Waals surface area contributed by atoms with Crippen molar-refractivity contribution in [3.05, 3.63) is 36.4 Å². The Hall–Kier alpha value is -1.70. The summed E-state index contributed by atoms with van der Waals surface area (Å²) in [6.07, 6.45) is 1.01. The Morgan fingerprint density at radius 1 is 1.00 bits per heavy atom. The van der Waals surface area contributed by atoms with Crippen LogP contribution < -0.4 is 9.47 Å². The zero-order valence-corrected chi connectivity index (χ0v) is 9.69. The van der Waals surface area contributed by atoms with Gasteiger partial charge in [-0.05, 0) is 23.9 Å². The van der Waals surface area contributed by atoms with E-state index in [4.69, 9.17) is 9.47 Å². The van der Waals surface area contributed by atoms with Crippen molar-refractivity contribution >= 4 is 10.8 Å². The van der Waals surface area contributed by atoms with Gasteiger partial charge in [-0.1, -0.05) is 31.2 Å². The fourth-order valence-electron chi connectivity index (χ4n) is 1.78. The van der Waals surface area contributed by atoms with E-state index in [0.29, 0.717) is 0 Å². The molecule has 2 heteroatoms. The summed E-state index contributed by atoms with van der Waals surface area (Å²) >= 11 is 0. The molecule has 84 valence electrons. The van der Waals surface area contributed by atoms with Crippen LogP contribution in [0.15, 0.2) is 36.4 Å². The summed E-state index contributed by atoms with van der Waals surface area (Å²) in [5.74, 6) is 1.76. The number of ether oxygens (including phenoxy) is 2. The summed E-state index contributed by atoms with van der Waals surface area (Å²) in [7, 11) is 1.69. The Balaban J connectivity index is 2.54. The maximum Gasteiger partial charge on any atom is 0.130 e. The van der Waals surface area contributed by atoms with Gasteiger partial charge in [-0.3, -0.25) is 0 Å². The highest BCUT2D eigenvalue weighted by Gasteiger charge is 2.06. The molecule has 2 aromatic rings. The molecule has 0 atom stereocenters. The first kappa shape index (κ1) is 10.8. The van der Waals surface area contributed by atoms with Crippen LogP contribution in [0.5, 0.6) is 11.5 Å². The van der Waals surface area contributed by atoms with Gasteiger partial charge in [0.05, 0.1) is 19.1 Å². The fourth-order valence-corrected chi connectivity index (χ4v) is 1.78. The molecular weight excluding hydrogens is 200 g/mol. The van der Waals surface area contributed by atoms with Crippen molar-refractivity contribution in [3.8, 4) is 11.5 Å². The molecule has 0 amide bonds. The Morgan fingerprint density at radius 3 is 2.31 bits per heavy atom. The summed E-state index contributed by atoms with van der Waals surface area (Å²) in [6, 6.07) is 12.1. The largest absolute Gasteiger partial charge is 0.496 e. The molecule has 0 aliphatic heterocycles. The molecule has 0 radical (unpaired) electrons. The van der Waals surface area contributed by atoms with Crippen molar-refractivity contribution < 1.29 is 9.47 Å². The quantitative estimate of drug-likeness (QED) is 0.776. The number of benzene rings is 2. The number of hydrogen-bond donors (Lipinski definition) is 0. The SMILES string of the molecule is CCCOc1cccc2cccc(OC)c12. The van der Waals surface area contributed by atoms with Crippen LogP contribution >= 0.6 is 0 Å². The topological polar surface area (TPSA) is 18.5 Å². The molecule has 2 nitrogen and oxygen atoms in total. The molecule has 0 aliphatic rings. The van der Waals surface area contributed by atoms with Crippen LogP contribution in [-0.4, -0.2) is 13.7 Å². The first-order chi connectivity index (χ1) is 7.86. The summed E-state index contributed by atoms with van der Waals surface area (Å²) in [4.78, 5) is 0. The van der Waals surface area contributed by atoms with Crippen LogP contribution in [0.1, 0.15) is 13.3 Å². The van der Waals surface area contributed by atoms with Crippen molar-refractivity contribution in [2.45, 2.75) is 13.3 Å². The molecule has 0 aliphatic carbocycles. The van der Waals surface area contributed by atoms with Crippen LogP contribution in [0.4, 0.5) is 0 Å². The van der Waals surface area contributed by atoms with E-state index in [1.54, 1.807) is 7.11 Å². The third-order valence-corrected chi connectivity index (χ3v) is 2.51. The van der Waals surface area contributed by atoms with Gasteiger partial charge in [0.1, 0.15) is 11.5 Å². The Bertz CT molecular complexity index is 472. The minimum absolute atomic E-state index is 0.733. The van der Waals surface area contributed by atoms with Gasteiger partial charge in [-0.15, -0.1) is 0 Å². The van der Waals surface area contributed by atoms with Gasteiger partial charge in [0.15, 0.2) is 0 Å². The van der Waals surface area contributed by atoms with E-state index in [1.807, 2.05) is 24.3 Å². The molecular formula is C14H16O2. The number of methoxy groups -OCH3 is 1. The highest BCUT2D eigenvalue weighted by atomic mass is 16.5. The van der Waals surface area contributed by atoms with E-state index >= 15 is 0 Å². The average Bonchev–Trinajstić information content (AvgIpc) is 2.35. The molecule has 0 spiro atoms. The molecule has 16 heavy (non-hydrogen) atoms.